The number of amides is 2. The zero-order chi connectivity index (χ0) is 26.3. The van der Waals surface area contributed by atoms with Crippen LogP contribution in [0.1, 0.15) is 42.1 Å². The zero-order valence-corrected chi connectivity index (χ0v) is 20.7. The minimum absolute atomic E-state index is 0.0110. The average molecular weight is 497 g/mol. The summed E-state index contributed by atoms with van der Waals surface area (Å²) in [6.45, 7) is 5.71. The predicted molar refractivity (Wildman–Crippen MR) is 134 cm³/mol. The van der Waals surface area contributed by atoms with Gasteiger partial charge in [-0.05, 0) is 54.1 Å². The molecule has 37 heavy (non-hydrogen) atoms. The molecular formula is C29H25FN4O3. The third kappa shape index (κ3) is 4.31. The fraction of sp³-hybridized carbons (Fsp3) is 0.172. The van der Waals surface area contributed by atoms with Crippen molar-refractivity contribution in [2.24, 2.45) is 0 Å². The molecule has 0 saturated carbocycles. The molecule has 0 bridgehead atoms. The van der Waals surface area contributed by atoms with Crippen LogP contribution in [0.5, 0.6) is 5.88 Å². The molecule has 4 aromatic rings. The molecule has 186 valence electrons. The molecule has 0 aliphatic carbocycles. The molecule has 7 nitrogen and oxygen atoms in total. The van der Waals surface area contributed by atoms with Crippen LogP contribution in [0.25, 0.3) is 17.0 Å². The van der Waals surface area contributed by atoms with E-state index in [-0.39, 0.29) is 29.3 Å². The third-order valence-corrected chi connectivity index (χ3v) is 6.32. The number of halogens is 1. The van der Waals surface area contributed by atoms with Crippen LogP contribution >= 0.6 is 0 Å². The number of aryl methyl sites for hydroxylation is 1. The van der Waals surface area contributed by atoms with Gasteiger partial charge >= 0.3 is 5.91 Å². The van der Waals surface area contributed by atoms with E-state index in [2.05, 4.69) is 5.10 Å². The van der Waals surface area contributed by atoms with Crippen LogP contribution in [0.4, 0.5) is 4.39 Å². The molecule has 3 heterocycles. The molecule has 1 aliphatic rings. The molecule has 0 N–H and O–H groups in total. The Hall–Kier alpha value is -4.59. The number of hydrogen-bond donors (Lipinski definition) is 0. The van der Waals surface area contributed by atoms with E-state index in [9.17, 15) is 19.1 Å². The van der Waals surface area contributed by atoms with Gasteiger partial charge in [0.25, 0.3) is 11.6 Å². The lowest BCUT2D eigenvalue weighted by Crippen LogP contribution is -2.39. The van der Waals surface area contributed by atoms with Gasteiger partial charge in [0.05, 0.1) is 17.9 Å². The van der Waals surface area contributed by atoms with Crippen molar-refractivity contribution in [3.63, 3.8) is 0 Å². The summed E-state index contributed by atoms with van der Waals surface area (Å²) in [6, 6.07) is 18.2. The molecule has 0 saturated heterocycles. The molecule has 5 rings (SSSR count). The van der Waals surface area contributed by atoms with Crippen LogP contribution in [-0.2, 0) is 16.1 Å². The topological polar surface area (TPSA) is 82.1 Å². The summed E-state index contributed by atoms with van der Waals surface area (Å²) in [4.78, 5) is 28.8. The Bertz CT molecular complexity index is 1520. The van der Waals surface area contributed by atoms with Gasteiger partial charge in [0.1, 0.15) is 11.4 Å². The molecule has 2 aromatic carbocycles. The summed E-state index contributed by atoms with van der Waals surface area (Å²) in [7, 11) is 0. The highest BCUT2D eigenvalue weighted by molar-refractivity contribution is 6.44. The number of nitrogens with zero attached hydrogens (tertiary/aromatic N) is 4. The number of benzene rings is 2. The maximum Gasteiger partial charge on any atom is 0.327 e. The molecule has 0 radical (unpaired) electrons. The molecule has 1 aliphatic heterocycles. The average Bonchev–Trinajstić information content (AvgIpc) is 3.34. The van der Waals surface area contributed by atoms with E-state index in [0.29, 0.717) is 11.4 Å². The van der Waals surface area contributed by atoms with E-state index in [1.165, 1.54) is 24.3 Å². The fourth-order valence-corrected chi connectivity index (χ4v) is 4.40. The van der Waals surface area contributed by atoms with Gasteiger partial charge in [0.2, 0.25) is 0 Å². The van der Waals surface area contributed by atoms with Gasteiger partial charge in [-0.1, -0.05) is 44.2 Å². The van der Waals surface area contributed by atoms with E-state index < -0.39 is 23.5 Å². The Morgan fingerprint density at radius 3 is 2.22 bits per heavy atom. The highest BCUT2D eigenvalue weighted by atomic mass is 19.1. The fourth-order valence-electron chi connectivity index (χ4n) is 4.40. The SMILES string of the molecule is Cc1cc[n+](C2=C(c3c(C(C)C)nn(-c4ccc(F)cc4)c3[O-])C(=O)N(Cc3ccccc3)C2=O)cc1. The minimum atomic E-state index is -0.561. The number of hydrogen-bond acceptors (Lipinski definition) is 4. The first-order valence-electron chi connectivity index (χ1n) is 11.9. The smallest absolute Gasteiger partial charge is 0.327 e. The van der Waals surface area contributed by atoms with Gasteiger partial charge in [0, 0.05) is 17.7 Å². The Kier molecular flexibility index (Phi) is 6.17. The van der Waals surface area contributed by atoms with E-state index in [0.717, 1.165) is 20.7 Å². The number of rotatable bonds is 6. The van der Waals surface area contributed by atoms with Gasteiger partial charge < -0.3 is 5.11 Å². The number of pyridine rings is 1. The largest absolute Gasteiger partial charge is 0.858 e. The second-order valence-corrected chi connectivity index (χ2v) is 9.30. The first kappa shape index (κ1) is 24.1. The summed E-state index contributed by atoms with van der Waals surface area (Å²) in [5.74, 6) is -2.28. The predicted octanol–water partition coefficient (Wildman–Crippen LogP) is 3.74. The van der Waals surface area contributed by atoms with Crippen LogP contribution in [0.3, 0.4) is 0 Å². The first-order chi connectivity index (χ1) is 17.8. The monoisotopic (exact) mass is 496 g/mol. The maximum absolute atomic E-state index is 13.9. The standard InChI is InChI=1S/C29H25FN4O3/c1-18(2)25-23(28(36)34(31-25)22-11-9-21(30)10-12-22)24-26(32-15-13-19(3)14-16-32)29(37)33(27(24)35)17-20-7-5-4-6-8-20/h4-16,18H,17H2,1-3H3. The van der Waals surface area contributed by atoms with Crippen LogP contribution in [0.2, 0.25) is 0 Å². The van der Waals surface area contributed by atoms with E-state index >= 15 is 0 Å². The second-order valence-electron chi connectivity index (χ2n) is 9.30. The Labute approximate surface area is 213 Å². The first-order valence-corrected chi connectivity index (χ1v) is 11.9. The quantitative estimate of drug-likeness (QED) is 0.301. The van der Waals surface area contributed by atoms with Gasteiger partial charge in [-0.15, -0.1) is 0 Å². The third-order valence-electron chi connectivity index (χ3n) is 6.32. The van der Waals surface area contributed by atoms with E-state index in [1.807, 2.05) is 63.2 Å². The summed E-state index contributed by atoms with van der Waals surface area (Å²) < 4.78 is 16.3. The molecule has 0 fully saturated rings. The van der Waals surface area contributed by atoms with Crippen molar-refractivity contribution in [2.75, 3.05) is 0 Å². The lowest BCUT2D eigenvalue weighted by Gasteiger charge is -2.16. The van der Waals surface area contributed by atoms with Gasteiger partial charge in [0.15, 0.2) is 12.4 Å². The summed E-state index contributed by atoms with van der Waals surface area (Å²) in [5, 5.41) is 18.3. The normalized spacial score (nSPS) is 13.8. The Morgan fingerprint density at radius 2 is 1.59 bits per heavy atom. The molecule has 2 aromatic heterocycles. The highest BCUT2D eigenvalue weighted by Gasteiger charge is 2.47. The van der Waals surface area contributed by atoms with Crippen molar-refractivity contribution in [2.45, 2.75) is 33.2 Å². The van der Waals surface area contributed by atoms with Crippen LogP contribution in [0.15, 0.2) is 79.1 Å². The lowest BCUT2D eigenvalue weighted by atomic mass is 9.98. The Balaban J connectivity index is 1.73. The van der Waals surface area contributed by atoms with Crippen molar-refractivity contribution in [3.8, 4) is 11.6 Å². The molecule has 0 atom stereocenters. The molecule has 0 spiro atoms. The van der Waals surface area contributed by atoms with Crippen LogP contribution in [-0.4, -0.2) is 26.5 Å². The summed E-state index contributed by atoms with van der Waals surface area (Å²) in [6.07, 6.45) is 3.40. The number of carbonyl (C=O) groups is 2. The van der Waals surface area contributed by atoms with Crippen molar-refractivity contribution >= 4 is 23.1 Å². The number of imide groups is 1. The van der Waals surface area contributed by atoms with Crippen molar-refractivity contribution in [1.29, 1.82) is 0 Å². The number of aromatic nitrogens is 3. The maximum atomic E-state index is 13.9. The van der Waals surface area contributed by atoms with E-state index in [1.54, 1.807) is 17.0 Å². The molecule has 8 heteroatoms. The zero-order valence-electron chi connectivity index (χ0n) is 20.7. The number of carbonyl (C=O) groups excluding carboxylic acids is 2. The Morgan fingerprint density at radius 1 is 0.946 bits per heavy atom. The highest BCUT2D eigenvalue weighted by Crippen LogP contribution is 2.39. The van der Waals surface area contributed by atoms with Gasteiger partial charge in [-0.3, -0.25) is 14.5 Å². The molecule has 2 amide bonds. The molecular weight excluding hydrogens is 471 g/mol. The van der Waals surface area contributed by atoms with Gasteiger partial charge in [-0.2, -0.15) is 9.67 Å². The van der Waals surface area contributed by atoms with Crippen LogP contribution < -0.4 is 9.67 Å². The van der Waals surface area contributed by atoms with Crippen LogP contribution in [0, 0.1) is 12.7 Å². The van der Waals surface area contributed by atoms with Crippen molar-refractivity contribution in [3.05, 3.63) is 107 Å². The summed E-state index contributed by atoms with van der Waals surface area (Å²) in [5.41, 5.74) is 2.70. The molecule has 0 unspecified atom stereocenters. The van der Waals surface area contributed by atoms with Gasteiger partial charge in [-0.25, -0.2) is 9.07 Å². The lowest BCUT2D eigenvalue weighted by molar-refractivity contribution is -0.577. The van der Waals surface area contributed by atoms with E-state index in [4.69, 9.17) is 0 Å². The van der Waals surface area contributed by atoms with Crippen molar-refractivity contribution in [1.82, 2.24) is 14.7 Å². The van der Waals surface area contributed by atoms with Crippen molar-refractivity contribution < 1.29 is 23.7 Å². The minimum Gasteiger partial charge on any atom is -0.858 e. The summed E-state index contributed by atoms with van der Waals surface area (Å²) >= 11 is 0. The second kappa shape index (κ2) is 9.46.